The summed E-state index contributed by atoms with van der Waals surface area (Å²) in [4.78, 5) is 38.6. The fraction of sp³-hybridized carbons (Fsp3) is 0.500. The van der Waals surface area contributed by atoms with Gasteiger partial charge < -0.3 is 14.5 Å². The highest BCUT2D eigenvalue weighted by atomic mass is 16.5. The summed E-state index contributed by atoms with van der Waals surface area (Å²) in [6.45, 7) is 3.76. The zero-order valence-corrected chi connectivity index (χ0v) is 11.6. The van der Waals surface area contributed by atoms with Crippen LogP contribution in [0.2, 0.25) is 0 Å². The smallest absolute Gasteiger partial charge is 0.355 e. The molecule has 0 aromatic carbocycles. The van der Waals surface area contributed by atoms with Crippen LogP contribution in [0.15, 0.2) is 0 Å². The summed E-state index contributed by atoms with van der Waals surface area (Å²) in [7, 11) is 0. The van der Waals surface area contributed by atoms with Gasteiger partial charge in [-0.3, -0.25) is 4.79 Å². The Labute approximate surface area is 116 Å². The van der Waals surface area contributed by atoms with Crippen LogP contribution in [0, 0.1) is 0 Å². The van der Waals surface area contributed by atoms with Crippen LogP contribution in [-0.4, -0.2) is 35.9 Å². The fourth-order valence-corrected chi connectivity index (χ4v) is 2.36. The minimum absolute atomic E-state index is 0.0190. The Morgan fingerprint density at radius 3 is 2.40 bits per heavy atom. The van der Waals surface area contributed by atoms with E-state index in [4.69, 9.17) is 9.47 Å². The van der Waals surface area contributed by atoms with Gasteiger partial charge in [-0.2, -0.15) is 0 Å². The number of esters is 2. The van der Waals surface area contributed by atoms with E-state index in [1.165, 1.54) is 0 Å². The Bertz CT molecular complexity index is 558. The molecule has 1 N–H and O–H groups in total. The standard InChI is InChI=1S/C14H17NO5/c1-3-19-13(17)10-8-6-5-7-9(16)11(8)15-12(10)14(18)20-4-2/h15H,3-7H2,1-2H3. The summed E-state index contributed by atoms with van der Waals surface area (Å²) in [5.74, 6) is -1.33. The van der Waals surface area contributed by atoms with E-state index < -0.39 is 11.9 Å². The highest BCUT2D eigenvalue weighted by Crippen LogP contribution is 2.28. The number of aromatic amines is 1. The van der Waals surface area contributed by atoms with Crippen molar-refractivity contribution in [2.45, 2.75) is 33.1 Å². The number of Topliss-reactive ketones (excluding diaryl/α,β-unsaturated/α-hetero) is 1. The summed E-state index contributed by atoms with van der Waals surface area (Å²) >= 11 is 0. The third-order valence-electron chi connectivity index (χ3n) is 3.17. The van der Waals surface area contributed by atoms with Crippen molar-refractivity contribution in [1.29, 1.82) is 0 Å². The van der Waals surface area contributed by atoms with Crippen molar-refractivity contribution >= 4 is 17.7 Å². The Kier molecular flexibility index (Phi) is 4.22. The maximum atomic E-state index is 12.1. The number of ketones is 1. The number of carbonyl (C=O) groups excluding carboxylic acids is 3. The number of fused-ring (bicyclic) bond motifs is 1. The SMILES string of the molecule is CCOC(=O)c1[nH]c2c(c1C(=O)OCC)CCCC2=O. The number of aromatic nitrogens is 1. The number of ether oxygens (including phenoxy) is 2. The summed E-state index contributed by atoms with van der Waals surface area (Å²) in [5, 5.41) is 0. The molecule has 0 bridgehead atoms. The predicted molar refractivity (Wildman–Crippen MR) is 70.0 cm³/mol. The molecule has 1 heterocycles. The van der Waals surface area contributed by atoms with Gasteiger partial charge in [-0.15, -0.1) is 0 Å². The van der Waals surface area contributed by atoms with E-state index >= 15 is 0 Å². The minimum Gasteiger partial charge on any atom is -0.462 e. The second-order valence-electron chi connectivity index (χ2n) is 4.45. The molecule has 1 aliphatic rings. The van der Waals surface area contributed by atoms with Crippen LogP contribution < -0.4 is 0 Å². The van der Waals surface area contributed by atoms with Gasteiger partial charge in [0.15, 0.2) is 5.78 Å². The van der Waals surface area contributed by atoms with Gasteiger partial charge in [0.2, 0.25) is 0 Å². The average Bonchev–Trinajstić information content (AvgIpc) is 2.80. The lowest BCUT2D eigenvalue weighted by atomic mass is 9.93. The predicted octanol–water partition coefficient (Wildman–Crippen LogP) is 1.89. The van der Waals surface area contributed by atoms with Gasteiger partial charge in [0, 0.05) is 6.42 Å². The summed E-state index contributed by atoms with van der Waals surface area (Å²) in [6, 6.07) is 0. The molecule has 0 atom stereocenters. The van der Waals surface area contributed by atoms with Gasteiger partial charge in [0.05, 0.1) is 24.5 Å². The first-order valence-electron chi connectivity index (χ1n) is 6.72. The minimum atomic E-state index is -0.641. The number of carbonyl (C=O) groups is 3. The zero-order valence-electron chi connectivity index (χ0n) is 11.6. The molecule has 1 aromatic heterocycles. The second-order valence-corrected chi connectivity index (χ2v) is 4.45. The average molecular weight is 279 g/mol. The van der Waals surface area contributed by atoms with Crippen LogP contribution in [0.3, 0.4) is 0 Å². The monoisotopic (exact) mass is 279 g/mol. The first kappa shape index (κ1) is 14.3. The van der Waals surface area contributed by atoms with Crippen molar-refractivity contribution < 1.29 is 23.9 Å². The lowest BCUT2D eigenvalue weighted by Gasteiger charge is -2.11. The molecule has 0 aliphatic heterocycles. The lowest BCUT2D eigenvalue weighted by Crippen LogP contribution is -2.15. The van der Waals surface area contributed by atoms with Gasteiger partial charge in [-0.25, -0.2) is 9.59 Å². The second kappa shape index (κ2) is 5.90. The zero-order chi connectivity index (χ0) is 14.7. The molecule has 20 heavy (non-hydrogen) atoms. The van der Waals surface area contributed by atoms with E-state index in [0.717, 1.165) is 0 Å². The van der Waals surface area contributed by atoms with Crippen LogP contribution in [0.25, 0.3) is 0 Å². The van der Waals surface area contributed by atoms with Gasteiger partial charge in [0.1, 0.15) is 5.69 Å². The molecule has 6 heteroatoms. The molecule has 6 nitrogen and oxygen atoms in total. The molecule has 108 valence electrons. The van der Waals surface area contributed by atoms with Gasteiger partial charge in [0.25, 0.3) is 0 Å². The van der Waals surface area contributed by atoms with E-state index in [1.54, 1.807) is 13.8 Å². The van der Waals surface area contributed by atoms with E-state index in [-0.39, 0.29) is 30.3 Å². The number of rotatable bonds is 4. The maximum Gasteiger partial charge on any atom is 0.355 e. The van der Waals surface area contributed by atoms with Crippen molar-refractivity contribution in [2.24, 2.45) is 0 Å². The van der Waals surface area contributed by atoms with E-state index in [2.05, 4.69) is 4.98 Å². The van der Waals surface area contributed by atoms with Crippen molar-refractivity contribution in [3.8, 4) is 0 Å². The maximum absolute atomic E-state index is 12.1. The molecular formula is C14H17NO5. The van der Waals surface area contributed by atoms with Gasteiger partial charge in [-0.05, 0) is 32.3 Å². The number of hydrogen-bond acceptors (Lipinski definition) is 5. The third-order valence-corrected chi connectivity index (χ3v) is 3.17. The number of nitrogens with one attached hydrogen (secondary N) is 1. The Hall–Kier alpha value is -2.11. The van der Waals surface area contributed by atoms with Crippen molar-refractivity contribution in [1.82, 2.24) is 4.98 Å². The Balaban J connectivity index is 2.52. The van der Waals surface area contributed by atoms with Crippen molar-refractivity contribution in [3.63, 3.8) is 0 Å². The Morgan fingerprint density at radius 2 is 1.75 bits per heavy atom. The largest absolute Gasteiger partial charge is 0.462 e. The molecule has 1 aromatic rings. The summed E-state index contributed by atoms with van der Waals surface area (Å²) < 4.78 is 9.90. The van der Waals surface area contributed by atoms with E-state index in [1.807, 2.05) is 0 Å². The van der Waals surface area contributed by atoms with Crippen LogP contribution in [-0.2, 0) is 15.9 Å². The fourth-order valence-electron chi connectivity index (χ4n) is 2.36. The molecule has 0 radical (unpaired) electrons. The molecule has 0 saturated heterocycles. The number of hydrogen-bond donors (Lipinski definition) is 1. The quantitative estimate of drug-likeness (QED) is 0.850. The van der Waals surface area contributed by atoms with Crippen LogP contribution >= 0.6 is 0 Å². The highest BCUT2D eigenvalue weighted by Gasteiger charge is 2.32. The van der Waals surface area contributed by atoms with Crippen molar-refractivity contribution in [3.05, 3.63) is 22.5 Å². The van der Waals surface area contributed by atoms with E-state index in [0.29, 0.717) is 30.5 Å². The molecule has 0 amide bonds. The topological polar surface area (TPSA) is 85.5 Å². The molecule has 0 unspecified atom stereocenters. The summed E-state index contributed by atoms with van der Waals surface area (Å²) in [5.41, 5.74) is 1.07. The Morgan fingerprint density at radius 1 is 1.10 bits per heavy atom. The third kappa shape index (κ3) is 2.45. The lowest BCUT2D eigenvalue weighted by molar-refractivity contribution is 0.0475. The molecule has 0 fully saturated rings. The van der Waals surface area contributed by atoms with Crippen LogP contribution in [0.4, 0.5) is 0 Å². The molecular weight excluding hydrogens is 262 g/mol. The first-order chi connectivity index (χ1) is 9.60. The van der Waals surface area contributed by atoms with Crippen molar-refractivity contribution in [2.75, 3.05) is 13.2 Å². The normalized spacial score (nSPS) is 13.8. The molecule has 0 saturated carbocycles. The molecule has 0 spiro atoms. The van der Waals surface area contributed by atoms with E-state index in [9.17, 15) is 14.4 Å². The highest BCUT2D eigenvalue weighted by molar-refractivity contribution is 6.08. The van der Waals surface area contributed by atoms with Gasteiger partial charge >= 0.3 is 11.9 Å². The van der Waals surface area contributed by atoms with Gasteiger partial charge in [-0.1, -0.05) is 0 Å². The summed E-state index contributed by atoms with van der Waals surface area (Å²) in [6.07, 6.45) is 1.65. The van der Waals surface area contributed by atoms with Crippen LogP contribution in [0.1, 0.15) is 63.6 Å². The molecule has 2 rings (SSSR count). The first-order valence-corrected chi connectivity index (χ1v) is 6.72. The van der Waals surface area contributed by atoms with Crippen LogP contribution in [0.5, 0.6) is 0 Å². The molecule has 1 aliphatic carbocycles. The number of H-pyrrole nitrogens is 1.